The fourth-order valence-corrected chi connectivity index (χ4v) is 10.8. The molecule has 64 heavy (non-hydrogen) atoms. The number of rotatable bonds is 11. The van der Waals surface area contributed by atoms with Crippen LogP contribution in [-0.4, -0.2) is 93.1 Å². The van der Waals surface area contributed by atoms with Gasteiger partial charge in [0.15, 0.2) is 0 Å². The molecule has 5 aliphatic rings. The molecule has 4 heterocycles. The van der Waals surface area contributed by atoms with Crippen molar-refractivity contribution in [3.63, 3.8) is 0 Å². The van der Waals surface area contributed by atoms with Gasteiger partial charge in [-0.2, -0.15) is 0 Å². The van der Waals surface area contributed by atoms with E-state index in [1.165, 1.54) is 14.2 Å². The summed E-state index contributed by atoms with van der Waals surface area (Å²) in [6, 6.07) is 10.9. The molecule has 4 aromatic rings. The van der Waals surface area contributed by atoms with E-state index in [2.05, 4.69) is 68.5 Å². The van der Waals surface area contributed by atoms with Crippen molar-refractivity contribution >= 4 is 36.2 Å². The highest BCUT2D eigenvalue weighted by molar-refractivity contribution is 5.90. The van der Waals surface area contributed by atoms with Crippen LogP contribution >= 0.6 is 0 Å². The minimum atomic E-state index is -0.625. The van der Waals surface area contributed by atoms with Gasteiger partial charge in [-0.15, -0.1) is 0 Å². The van der Waals surface area contributed by atoms with Crippen molar-refractivity contribution in [3.05, 3.63) is 83.0 Å². The van der Waals surface area contributed by atoms with Gasteiger partial charge in [0.05, 0.1) is 50.1 Å². The number of methoxy groups -OCH3 is 2. The molecule has 4 fully saturated rings. The Kier molecular flexibility index (Phi) is 12.9. The number of alkyl carbamates (subject to hydrolysis) is 2. The van der Waals surface area contributed by atoms with Crippen LogP contribution in [0.15, 0.2) is 60.3 Å². The number of carbonyl (C=O) groups excluding carboxylic acids is 4. The van der Waals surface area contributed by atoms with Crippen LogP contribution in [0.4, 0.5) is 9.59 Å². The maximum absolute atomic E-state index is 14.2. The monoisotopic (exact) mass is 866 g/mol. The number of carbonyl (C=O) groups is 4. The SMILES string of the molecule is COC(=O)NC(C(=O)N1CCC[C@H]1c1ncc(-c2ccc(-c3ccc(-c4cnc([C@H]5CCCN5C(=O)[C@@H](NC(=O)OC)C5CCCCC5)[nH]4)cc3)c3c2C=C=C=C3)[nH]1)C1CCCCC1. The summed E-state index contributed by atoms with van der Waals surface area (Å²) in [5.74, 6) is 1.51. The van der Waals surface area contributed by atoms with Crippen molar-refractivity contribution in [1.29, 1.82) is 0 Å². The van der Waals surface area contributed by atoms with E-state index in [1.807, 2.05) is 34.3 Å². The van der Waals surface area contributed by atoms with Crippen LogP contribution in [0.2, 0.25) is 0 Å². The number of aromatic amines is 2. The summed E-state index contributed by atoms with van der Waals surface area (Å²) in [6.45, 7) is 1.22. The normalized spacial score (nSPS) is 20.8. The summed E-state index contributed by atoms with van der Waals surface area (Å²) in [7, 11) is 2.67. The number of fused-ring (bicyclic) bond motifs is 1. The highest BCUT2D eigenvalue weighted by atomic mass is 16.5. The molecule has 2 aromatic carbocycles. The third kappa shape index (κ3) is 8.77. The molecule has 0 bridgehead atoms. The minimum absolute atomic E-state index is 0.0651. The van der Waals surface area contributed by atoms with E-state index in [9.17, 15) is 19.2 Å². The molecule has 334 valence electrons. The number of imidazole rings is 2. The first-order valence-corrected chi connectivity index (χ1v) is 23.2. The smallest absolute Gasteiger partial charge is 0.407 e. The number of amides is 4. The fraction of sp³-hybridized carbons (Fsp3) is 0.480. The Morgan fingerprint density at radius 1 is 0.594 bits per heavy atom. The van der Waals surface area contributed by atoms with Crippen molar-refractivity contribution in [1.82, 2.24) is 40.4 Å². The topological polar surface area (TPSA) is 175 Å². The molecular formula is C50H58N8O6. The fourth-order valence-electron chi connectivity index (χ4n) is 10.8. The highest BCUT2D eigenvalue weighted by Crippen LogP contribution is 2.40. The lowest BCUT2D eigenvalue weighted by molar-refractivity contribution is -0.136. The van der Waals surface area contributed by atoms with Crippen LogP contribution < -0.4 is 10.6 Å². The Bertz CT molecular complexity index is 2470. The largest absolute Gasteiger partial charge is 0.453 e. The molecule has 2 saturated carbocycles. The summed E-state index contributed by atoms with van der Waals surface area (Å²) in [5, 5.41) is 5.76. The summed E-state index contributed by atoms with van der Waals surface area (Å²) >= 11 is 0. The molecule has 4 N–H and O–H groups in total. The molecule has 4 amide bonds. The predicted molar refractivity (Wildman–Crippen MR) is 242 cm³/mol. The van der Waals surface area contributed by atoms with Gasteiger partial charge in [-0.1, -0.05) is 86.4 Å². The van der Waals surface area contributed by atoms with Gasteiger partial charge in [-0.3, -0.25) is 9.59 Å². The van der Waals surface area contributed by atoms with E-state index in [0.717, 1.165) is 146 Å². The standard InChI is InChI=1S/C50H58N8O6/c1-63-49(61)55-43(33-13-5-3-6-14-33)47(59)57-27-11-19-41(57)45-51-29-39(53-45)32-23-21-31(22-24-32)35-25-26-38(37-18-10-9-17-36(35)37)40-30-52-46(54-40)42-20-12-28-58(42)48(60)44(56-50(62)64-2)34-15-7-4-8-16-34/h17-18,21-26,29-30,33-34,41-44H,3-8,11-16,19-20,27-28H2,1-2H3,(H,51,53)(H,52,54)(H,55,61)(H,56,62)/t41-,42+,43+,44?/m1/s1. The van der Waals surface area contributed by atoms with Crippen molar-refractivity contribution in [2.75, 3.05) is 27.3 Å². The van der Waals surface area contributed by atoms with E-state index >= 15 is 0 Å². The Labute approximate surface area is 374 Å². The predicted octanol–water partition coefficient (Wildman–Crippen LogP) is 8.86. The maximum Gasteiger partial charge on any atom is 0.407 e. The highest BCUT2D eigenvalue weighted by Gasteiger charge is 2.41. The number of ether oxygens (including phenoxy) is 2. The first kappa shape index (κ1) is 42.9. The molecule has 14 heteroatoms. The van der Waals surface area contributed by atoms with E-state index in [4.69, 9.17) is 19.4 Å². The van der Waals surface area contributed by atoms with Crippen LogP contribution in [0.1, 0.15) is 125 Å². The molecule has 2 aliphatic heterocycles. The second-order valence-corrected chi connectivity index (χ2v) is 17.9. The molecule has 2 aromatic heterocycles. The molecular weight excluding hydrogens is 809 g/mol. The van der Waals surface area contributed by atoms with Gasteiger partial charge in [-0.25, -0.2) is 19.6 Å². The molecule has 1 unspecified atom stereocenters. The lowest BCUT2D eigenvalue weighted by atomic mass is 9.83. The Morgan fingerprint density at radius 2 is 1.05 bits per heavy atom. The first-order chi connectivity index (χ1) is 31.3. The van der Waals surface area contributed by atoms with Crippen molar-refractivity contribution < 1.29 is 28.7 Å². The number of H-pyrrole nitrogens is 2. The van der Waals surface area contributed by atoms with E-state index in [0.29, 0.717) is 13.1 Å². The third-order valence-electron chi connectivity index (χ3n) is 14.2. The van der Waals surface area contributed by atoms with E-state index in [1.54, 1.807) is 0 Å². The number of likely N-dealkylation sites (tertiary alicyclic amines) is 2. The van der Waals surface area contributed by atoms with Gasteiger partial charge < -0.3 is 39.9 Å². The van der Waals surface area contributed by atoms with E-state index < -0.39 is 24.3 Å². The molecule has 0 radical (unpaired) electrons. The zero-order valence-corrected chi connectivity index (χ0v) is 36.8. The number of aromatic nitrogens is 4. The number of hydrogen-bond acceptors (Lipinski definition) is 8. The van der Waals surface area contributed by atoms with Crippen LogP contribution in [-0.2, 0) is 19.1 Å². The summed E-state index contributed by atoms with van der Waals surface area (Å²) in [6.07, 6.45) is 19.9. The van der Waals surface area contributed by atoms with Crippen LogP contribution in [0.5, 0.6) is 0 Å². The number of benzene rings is 2. The average molecular weight is 867 g/mol. The molecule has 4 atom stereocenters. The maximum atomic E-state index is 14.2. The van der Waals surface area contributed by atoms with Gasteiger partial charge in [-0.05, 0) is 97.6 Å². The van der Waals surface area contributed by atoms with Crippen molar-refractivity contribution in [2.45, 2.75) is 114 Å². The molecule has 3 aliphatic carbocycles. The number of nitrogens with zero attached hydrogens (tertiary/aromatic N) is 4. The molecule has 2 saturated heterocycles. The summed E-state index contributed by atoms with van der Waals surface area (Å²) in [5.41, 5.74) is 14.1. The summed E-state index contributed by atoms with van der Waals surface area (Å²) in [4.78, 5) is 73.5. The van der Waals surface area contributed by atoms with E-state index in [-0.39, 0.29) is 35.7 Å². The Hall–Kier alpha value is -6.36. The van der Waals surface area contributed by atoms with Gasteiger partial charge >= 0.3 is 12.2 Å². The van der Waals surface area contributed by atoms with Crippen molar-refractivity contribution in [2.24, 2.45) is 11.8 Å². The lowest BCUT2D eigenvalue weighted by Crippen LogP contribution is -2.52. The Morgan fingerprint density at radius 3 is 1.56 bits per heavy atom. The second-order valence-electron chi connectivity index (χ2n) is 17.9. The second kappa shape index (κ2) is 19.2. The molecule has 14 nitrogen and oxygen atoms in total. The third-order valence-corrected chi connectivity index (χ3v) is 14.2. The van der Waals surface area contributed by atoms with Gasteiger partial charge in [0.1, 0.15) is 23.7 Å². The zero-order chi connectivity index (χ0) is 44.2. The molecule has 0 spiro atoms. The molecule has 9 rings (SSSR count). The lowest BCUT2D eigenvalue weighted by Gasteiger charge is -2.34. The summed E-state index contributed by atoms with van der Waals surface area (Å²) < 4.78 is 9.85. The van der Waals surface area contributed by atoms with Gasteiger partial charge in [0, 0.05) is 24.2 Å². The van der Waals surface area contributed by atoms with Gasteiger partial charge in [0.2, 0.25) is 11.8 Å². The Balaban J connectivity index is 0.912. The van der Waals surface area contributed by atoms with Crippen molar-refractivity contribution in [3.8, 4) is 33.6 Å². The van der Waals surface area contributed by atoms with Crippen LogP contribution in [0.3, 0.4) is 0 Å². The number of hydrogen-bond donors (Lipinski definition) is 4. The zero-order valence-electron chi connectivity index (χ0n) is 36.8. The quantitative estimate of drug-likeness (QED) is 0.0953. The number of nitrogens with one attached hydrogen (secondary N) is 4. The van der Waals surface area contributed by atoms with Crippen LogP contribution in [0.25, 0.3) is 45.8 Å². The van der Waals surface area contributed by atoms with Gasteiger partial charge in [0.25, 0.3) is 0 Å². The minimum Gasteiger partial charge on any atom is -0.453 e. The first-order valence-electron chi connectivity index (χ1n) is 23.2. The average Bonchev–Trinajstić information content (AvgIpc) is 4.20. The van der Waals surface area contributed by atoms with Crippen LogP contribution in [0, 0.1) is 11.8 Å².